The molecule has 0 fully saturated rings. The third-order valence-electron chi connectivity index (χ3n) is 3.72. The number of amides is 1. The maximum absolute atomic E-state index is 12.0. The molecule has 0 aliphatic rings. The Morgan fingerprint density at radius 2 is 2.13 bits per heavy atom. The SMILES string of the molecule is C[C@@H](CCc1ccco1)NC(=O)CCc1nc2ccccc2s1. The molecule has 120 valence electrons. The number of para-hydroxylation sites is 1. The maximum atomic E-state index is 12.0. The zero-order valence-corrected chi connectivity index (χ0v) is 13.9. The van der Waals surface area contributed by atoms with Gasteiger partial charge in [-0.3, -0.25) is 4.79 Å². The smallest absolute Gasteiger partial charge is 0.220 e. The van der Waals surface area contributed by atoms with Crippen LogP contribution in [-0.2, 0) is 17.6 Å². The molecule has 1 atom stereocenters. The van der Waals surface area contributed by atoms with Crippen LogP contribution in [0.5, 0.6) is 0 Å². The number of rotatable bonds is 7. The van der Waals surface area contributed by atoms with Gasteiger partial charge in [0, 0.05) is 25.3 Å². The predicted molar refractivity (Wildman–Crippen MR) is 92.6 cm³/mol. The first-order valence-corrected chi connectivity index (χ1v) is 8.68. The Labute approximate surface area is 139 Å². The van der Waals surface area contributed by atoms with Crippen molar-refractivity contribution in [3.8, 4) is 0 Å². The lowest BCUT2D eigenvalue weighted by Gasteiger charge is -2.12. The quantitative estimate of drug-likeness (QED) is 0.714. The monoisotopic (exact) mass is 328 g/mol. The number of hydrogen-bond donors (Lipinski definition) is 1. The van der Waals surface area contributed by atoms with E-state index in [-0.39, 0.29) is 11.9 Å². The van der Waals surface area contributed by atoms with Crippen LogP contribution in [0.3, 0.4) is 0 Å². The second-order valence-electron chi connectivity index (χ2n) is 5.66. The molecule has 1 aromatic carbocycles. The van der Waals surface area contributed by atoms with E-state index >= 15 is 0 Å². The number of furan rings is 1. The Kier molecular flexibility index (Phi) is 5.08. The molecule has 0 saturated carbocycles. The van der Waals surface area contributed by atoms with Crippen molar-refractivity contribution >= 4 is 27.5 Å². The molecule has 0 unspecified atom stereocenters. The number of aryl methyl sites for hydroxylation is 2. The highest BCUT2D eigenvalue weighted by Gasteiger charge is 2.10. The second-order valence-corrected chi connectivity index (χ2v) is 6.78. The van der Waals surface area contributed by atoms with Crippen molar-refractivity contribution in [2.24, 2.45) is 0 Å². The lowest BCUT2D eigenvalue weighted by Crippen LogP contribution is -2.33. The molecule has 0 spiro atoms. The summed E-state index contributed by atoms with van der Waals surface area (Å²) in [4.78, 5) is 16.6. The molecule has 2 aromatic heterocycles. The molecule has 0 aliphatic heterocycles. The van der Waals surface area contributed by atoms with Crippen molar-refractivity contribution in [1.82, 2.24) is 10.3 Å². The largest absolute Gasteiger partial charge is 0.469 e. The van der Waals surface area contributed by atoms with E-state index in [2.05, 4.69) is 16.4 Å². The van der Waals surface area contributed by atoms with Gasteiger partial charge in [0.25, 0.3) is 0 Å². The van der Waals surface area contributed by atoms with E-state index in [9.17, 15) is 4.79 Å². The number of nitrogens with one attached hydrogen (secondary N) is 1. The number of carbonyl (C=O) groups excluding carboxylic acids is 1. The minimum absolute atomic E-state index is 0.0798. The summed E-state index contributed by atoms with van der Waals surface area (Å²) in [5.41, 5.74) is 1.01. The summed E-state index contributed by atoms with van der Waals surface area (Å²) in [5, 5.41) is 4.06. The summed E-state index contributed by atoms with van der Waals surface area (Å²) in [6.07, 6.45) is 4.56. The highest BCUT2D eigenvalue weighted by molar-refractivity contribution is 7.18. The van der Waals surface area contributed by atoms with Gasteiger partial charge in [0.2, 0.25) is 5.91 Å². The van der Waals surface area contributed by atoms with Gasteiger partial charge in [-0.2, -0.15) is 0 Å². The van der Waals surface area contributed by atoms with Gasteiger partial charge < -0.3 is 9.73 Å². The number of benzene rings is 1. The molecule has 0 radical (unpaired) electrons. The van der Waals surface area contributed by atoms with Crippen LogP contribution < -0.4 is 5.32 Å². The average molecular weight is 328 g/mol. The summed E-state index contributed by atoms with van der Waals surface area (Å²) >= 11 is 1.66. The fourth-order valence-electron chi connectivity index (χ4n) is 2.48. The number of thiazole rings is 1. The molecular weight excluding hydrogens is 308 g/mol. The molecule has 1 amide bonds. The van der Waals surface area contributed by atoms with Crippen LogP contribution in [0.15, 0.2) is 47.1 Å². The lowest BCUT2D eigenvalue weighted by molar-refractivity contribution is -0.121. The number of aromatic nitrogens is 1. The molecule has 5 heteroatoms. The second kappa shape index (κ2) is 7.42. The van der Waals surface area contributed by atoms with E-state index in [0.717, 1.165) is 29.1 Å². The van der Waals surface area contributed by atoms with Crippen molar-refractivity contribution < 1.29 is 9.21 Å². The van der Waals surface area contributed by atoms with Crippen LogP contribution in [0, 0.1) is 0 Å². The molecule has 4 nitrogen and oxygen atoms in total. The Morgan fingerprint density at radius 1 is 1.26 bits per heavy atom. The molecule has 2 heterocycles. The average Bonchev–Trinajstić information content (AvgIpc) is 3.19. The summed E-state index contributed by atoms with van der Waals surface area (Å²) < 4.78 is 6.48. The zero-order valence-electron chi connectivity index (χ0n) is 13.1. The van der Waals surface area contributed by atoms with Crippen molar-refractivity contribution in [2.75, 3.05) is 0 Å². The molecule has 0 saturated heterocycles. The predicted octanol–water partition coefficient (Wildman–Crippen LogP) is 3.96. The van der Waals surface area contributed by atoms with Crippen LogP contribution in [0.1, 0.15) is 30.5 Å². The standard InChI is InChI=1S/C18H20N2O2S/c1-13(8-9-14-5-4-12-22-14)19-17(21)10-11-18-20-15-6-2-3-7-16(15)23-18/h2-7,12-13H,8-11H2,1H3,(H,19,21)/t13-/m0/s1. The fourth-order valence-corrected chi connectivity index (χ4v) is 3.45. The van der Waals surface area contributed by atoms with Gasteiger partial charge in [0.1, 0.15) is 5.76 Å². The summed E-state index contributed by atoms with van der Waals surface area (Å²) in [7, 11) is 0. The third kappa shape index (κ3) is 4.42. The normalized spacial score (nSPS) is 12.4. The van der Waals surface area contributed by atoms with Crippen LogP contribution >= 0.6 is 11.3 Å². The number of carbonyl (C=O) groups is 1. The molecular formula is C18H20N2O2S. The first-order chi connectivity index (χ1) is 11.2. The molecule has 3 aromatic rings. The van der Waals surface area contributed by atoms with E-state index in [1.807, 2.05) is 37.3 Å². The van der Waals surface area contributed by atoms with Crippen LogP contribution in [0.4, 0.5) is 0 Å². The Bertz CT molecular complexity index is 731. The van der Waals surface area contributed by atoms with Gasteiger partial charge in [0.15, 0.2) is 0 Å². The van der Waals surface area contributed by atoms with E-state index in [1.54, 1.807) is 17.6 Å². The first kappa shape index (κ1) is 15.7. The summed E-state index contributed by atoms with van der Waals surface area (Å²) in [5.74, 6) is 1.04. The molecule has 3 rings (SSSR count). The van der Waals surface area contributed by atoms with E-state index in [0.29, 0.717) is 12.8 Å². The first-order valence-electron chi connectivity index (χ1n) is 7.87. The van der Waals surface area contributed by atoms with Gasteiger partial charge in [-0.1, -0.05) is 12.1 Å². The van der Waals surface area contributed by atoms with E-state index in [4.69, 9.17) is 4.42 Å². The fraction of sp³-hybridized carbons (Fsp3) is 0.333. The Morgan fingerprint density at radius 3 is 2.91 bits per heavy atom. The highest BCUT2D eigenvalue weighted by atomic mass is 32.1. The number of fused-ring (bicyclic) bond motifs is 1. The minimum Gasteiger partial charge on any atom is -0.469 e. The molecule has 0 aliphatic carbocycles. The van der Waals surface area contributed by atoms with Gasteiger partial charge in [-0.15, -0.1) is 11.3 Å². The Hall–Kier alpha value is -2.14. The van der Waals surface area contributed by atoms with Crippen molar-refractivity contribution in [3.05, 3.63) is 53.4 Å². The minimum atomic E-state index is 0.0798. The maximum Gasteiger partial charge on any atom is 0.220 e. The van der Waals surface area contributed by atoms with Gasteiger partial charge in [-0.05, 0) is 37.6 Å². The summed E-state index contributed by atoms with van der Waals surface area (Å²) in [6, 6.07) is 12.1. The van der Waals surface area contributed by atoms with Gasteiger partial charge in [-0.25, -0.2) is 4.98 Å². The van der Waals surface area contributed by atoms with Crippen LogP contribution in [0.25, 0.3) is 10.2 Å². The van der Waals surface area contributed by atoms with Gasteiger partial charge >= 0.3 is 0 Å². The third-order valence-corrected chi connectivity index (χ3v) is 4.81. The molecule has 23 heavy (non-hydrogen) atoms. The topological polar surface area (TPSA) is 55.1 Å². The van der Waals surface area contributed by atoms with Gasteiger partial charge in [0.05, 0.1) is 21.5 Å². The summed E-state index contributed by atoms with van der Waals surface area (Å²) in [6.45, 7) is 2.03. The van der Waals surface area contributed by atoms with Crippen molar-refractivity contribution in [1.29, 1.82) is 0 Å². The zero-order chi connectivity index (χ0) is 16.1. The lowest BCUT2D eigenvalue weighted by atomic mass is 10.1. The van der Waals surface area contributed by atoms with Crippen molar-refractivity contribution in [3.63, 3.8) is 0 Å². The van der Waals surface area contributed by atoms with Crippen LogP contribution in [0.2, 0.25) is 0 Å². The molecule has 0 bridgehead atoms. The molecule has 1 N–H and O–H groups in total. The van der Waals surface area contributed by atoms with Crippen molar-refractivity contribution in [2.45, 2.75) is 38.6 Å². The van der Waals surface area contributed by atoms with E-state index < -0.39 is 0 Å². The van der Waals surface area contributed by atoms with Crippen LogP contribution in [-0.4, -0.2) is 16.9 Å². The highest BCUT2D eigenvalue weighted by Crippen LogP contribution is 2.22. The number of hydrogen-bond acceptors (Lipinski definition) is 4. The number of nitrogens with zero attached hydrogens (tertiary/aromatic N) is 1. The van der Waals surface area contributed by atoms with E-state index in [1.165, 1.54) is 4.70 Å². The Balaban J connectivity index is 1.43.